The topological polar surface area (TPSA) is 26.3 Å². The molecule has 2 nitrogen and oxygen atoms in total. The minimum absolute atomic E-state index is 0.0669. The Bertz CT molecular complexity index is 593. The number of hydrogen-bond donors (Lipinski definition) is 0. The van der Waals surface area contributed by atoms with Crippen molar-refractivity contribution in [3.8, 4) is 11.5 Å². The van der Waals surface area contributed by atoms with Gasteiger partial charge in [-0.2, -0.15) is 0 Å². The molecule has 0 atom stereocenters. The van der Waals surface area contributed by atoms with Gasteiger partial charge in [0.1, 0.15) is 12.0 Å². The normalized spacial score (nSPS) is 10.3. The Labute approximate surface area is 109 Å². The zero-order chi connectivity index (χ0) is 14.0. The summed E-state index contributed by atoms with van der Waals surface area (Å²) >= 11 is 0. The molecule has 0 aliphatic carbocycles. The van der Waals surface area contributed by atoms with Crippen LogP contribution in [0.25, 0.3) is 0 Å². The van der Waals surface area contributed by atoms with Crippen molar-refractivity contribution in [1.82, 2.24) is 0 Å². The number of hydrogen-bond acceptors (Lipinski definition) is 2. The van der Waals surface area contributed by atoms with Crippen molar-refractivity contribution in [3.63, 3.8) is 0 Å². The standard InChI is InChI=1S/C15H12F2O2/c1-9-3-10(2)5-12(4-9)19-15-13(16)6-11(8-18)7-14(15)17/h3-8H,1-2H3. The van der Waals surface area contributed by atoms with Gasteiger partial charge in [-0.15, -0.1) is 0 Å². The molecule has 0 fully saturated rings. The molecule has 0 spiro atoms. The van der Waals surface area contributed by atoms with Gasteiger partial charge in [-0.1, -0.05) is 6.07 Å². The second kappa shape index (κ2) is 5.18. The summed E-state index contributed by atoms with van der Waals surface area (Å²) in [5, 5.41) is 0. The van der Waals surface area contributed by atoms with Gasteiger partial charge in [-0.05, 0) is 49.2 Å². The first-order valence-electron chi connectivity index (χ1n) is 5.70. The van der Waals surface area contributed by atoms with Crippen molar-refractivity contribution in [2.45, 2.75) is 13.8 Å². The third kappa shape index (κ3) is 2.96. The first kappa shape index (κ1) is 13.2. The number of carbonyl (C=O) groups is 1. The summed E-state index contributed by atoms with van der Waals surface area (Å²) in [6, 6.07) is 7.16. The molecule has 2 aromatic carbocycles. The van der Waals surface area contributed by atoms with E-state index in [4.69, 9.17) is 4.74 Å². The van der Waals surface area contributed by atoms with Gasteiger partial charge in [-0.3, -0.25) is 4.79 Å². The van der Waals surface area contributed by atoms with Gasteiger partial charge < -0.3 is 4.74 Å². The number of halogens is 2. The molecule has 0 bridgehead atoms. The Kier molecular flexibility index (Phi) is 3.60. The Hall–Kier alpha value is -2.23. The van der Waals surface area contributed by atoms with E-state index in [0.717, 1.165) is 23.3 Å². The average Bonchev–Trinajstić information content (AvgIpc) is 2.32. The molecule has 0 N–H and O–H groups in total. The number of ether oxygens (including phenoxy) is 1. The Morgan fingerprint density at radius 2 is 1.47 bits per heavy atom. The second-order valence-corrected chi connectivity index (χ2v) is 4.36. The molecule has 0 saturated carbocycles. The van der Waals surface area contributed by atoms with E-state index in [2.05, 4.69) is 0 Å². The van der Waals surface area contributed by atoms with Crippen molar-refractivity contribution in [2.75, 3.05) is 0 Å². The molecule has 0 heterocycles. The molecule has 98 valence electrons. The molecule has 0 amide bonds. The van der Waals surface area contributed by atoms with E-state index in [1.54, 1.807) is 12.1 Å². The van der Waals surface area contributed by atoms with E-state index in [0.29, 0.717) is 12.0 Å². The summed E-state index contributed by atoms with van der Waals surface area (Å²) in [5.41, 5.74) is 1.79. The lowest BCUT2D eigenvalue weighted by atomic mass is 10.1. The van der Waals surface area contributed by atoms with E-state index in [-0.39, 0.29) is 5.56 Å². The maximum absolute atomic E-state index is 13.7. The fourth-order valence-corrected chi connectivity index (χ4v) is 1.85. The Balaban J connectivity index is 2.40. The van der Waals surface area contributed by atoms with E-state index < -0.39 is 17.4 Å². The van der Waals surface area contributed by atoms with Crippen LogP contribution in [0.15, 0.2) is 30.3 Å². The predicted molar refractivity (Wildman–Crippen MR) is 67.7 cm³/mol. The van der Waals surface area contributed by atoms with Crippen LogP contribution < -0.4 is 4.74 Å². The molecule has 0 unspecified atom stereocenters. The maximum Gasteiger partial charge on any atom is 0.198 e. The highest BCUT2D eigenvalue weighted by Crippen LogP contribution is 2.29. The van der Waals surface area contributed by atoms with Crippen LogP contribution in [0.1, 0.15) is 21.5 Å². The van der Waals surface area contributed by atoms with Gasteiger partial charge in [0.15, 0.2) is 17.4 Å². The zero-order valence-corrected chi connectivity index (χ0v) is 10.5. The van der Waals surface area contributed by atoms with Crippen molar-refractivity contribution in [3.05, 3.63) is 58.7 Å². The van der Waals surface area contributed by atoms with E-state index in [1.165, 1.54) is 0 Å². The molecular formula is C15H12F2O2. The van der Waals surface area contributed by atoms with Gasteiger partial charge >= 0.3 is 0 Å². The maximum atomic E-state index is 13.7. The highest BCUT2D eigenvalue weighted by Gasteiger charge is 2.13. The third-order valence-electron chi connectivity index (χ3n) is 2.57. The molecule has 19 heavy (non-hydrogen) atoms. The van der Waals surface area contributed by atoms with Crippen molar-refractivity contribution in [2.24, 2.45) is 0 Å². The van der Waals surface area contributed by atoms with Crippen LogP contribution in [0, 0.1) is 25.5 Å². The summed E-state index contributed by atoms with van der Waals surface area (Å²) in [6.45, 7) is 3.73. The summed E-state index contributed by atoms with van der Waals surface area (Å²) in [7, 11) is 0. The Morgan fingerprint density at radius 1 is 0.947 bits per heavy atom. The number of benzene rings is 2. The van der Waals surface area contributed by atoms with Crippen molar-refractivity contribution in [1.29, 1.82) is 0 Å². The minimum atomic E-state index is -0.902. The van der Waals surface area contributed by atoms with Gasteiger partial charge in [0, 0.05) is 5.56 Å². The van der Waals surface area contributed by atoms with Crippen LogP contribution in [0.5, 0.6) is 11.5 Å². The van der Waals surface area contributed by atoms with Crippen LogP contribution in [0.4, 0.5) is 8.78 Å². The van der Waals surface area contributed by atoms with Gasteiger partial charge in [0.05, 0.1) is 0 Å². The number of rotatable bonds is 3. The van der Waals surface area contributed by atoms with Gasteiger partial charge in [-0.25, -0.2) is 8.78 Å². The molecule has 4 heteroatoms. The number of aryl methyl sites for hydroxylation is 2. The monoisotopic (exact) mass is 262 g/mol. The summed E-state index contributed by atoms with van der Waals surface area (Å²) in [5.74, 6) is -1.95. The second-order valence-electron chi connectivity index (χ2n) is 4.36. The van der Waals surface area contributed by atoms with E-state index in [9.17, 15) is 13.6 Å². The van der Waals surface area contributed by atoms with E-state index >= 15 is 0 Å². The first-order chi connectivity index (χ1) is 8.99. The Morgan fingerprint density at radius 3 is 1.95 bits per heavy atom. The smallest absolute Gasteiger partial charge is 0.198 e. The number of aldehydes is 1. The fourth-order valence-electron chi connectivity index (χ4n) is 1.85. The lowest BCUT2D eigenvalue weighted by Gasteiger charge is -2.10. The fraction of sp³-hybridized carbons (Fsp3) is 0.133. The predicted octanol–water partition coefficient (Wildman–Crippen LogP) is 4.19. The lowest BCUT2D eigenvalue weighted by Crippen LogP contribution is -1.96. The number of carbonyl (C=O) groups excluding carboxylic acids is 1. The van der Waals surface area contributed by atoms with E-state index in [1.807, 2.05) is 19.9 Å². The van der Waals surface area contributed by atoms with Crippen LogP contribution in [0.3, 0.4) is 0 Å². The SMILES string of the molecule is Cc1cc(C)cc(Oc2c(F)cc(C=O)cc2F)c1. The van der Waals surface area contributed by atoms with Crippen molar-refractivity contribution < 1.29 is 18.3 Å². The van der Waals surface area contributed by atoms with Crippen molar-refractivity contribution >= 4 is 6.29 Å². The molecule has 2 aromatic rings. The third-order valence-corrected chi connectivity index (χ3v) is 2.57. The minimum Gasteiger partial charge on any atom is -0.451 e. The molecule has 2 rings (SSSR count). The van der Waals surface area contributed by atoms with Crippen LogP contribution in [-0.4, -0.2) is 6.29 Å². The van der Waals surface area contributed by atoms with Gasteiger partial charge in [0.25, 0.3) is 0 Å². The lowest BCUT2D eigenvalue weighted by molar-refractivity contribution is 0.112. The average molecular weight is 262 g/mol. The van der Waals surface area contributed by atoms with Crippen LogP contribution >= 0.6 is 0 Å². The highest BCUT2D eigenvalue weighted by atomic mass is 19.1. The van der Waals surface area contributed by atoms with Gasteiger partial charge in [0.2, 0.25) is 0 Å². The molecular weight excluding hydrogens is 250 g/mol. The quantitative estimate of drug-likeness (QED) is 0.775. The summed E-state index contributed by atoms with van der Waals surface area (Å²) < 4.78 is 32.6. The molecule has 0 radical (unpaired) electrons. The molecule has 0 saturated heterocycles. The molecule has 0 aliphatic rings. The first-order valence-corrected chi connectivity index (χ1v) is 5.70. The van der Waals surface area contributed by atoms with Crippen LogP contribution in [-0.2, 0) is 0 Å². The molecule has 0 aromatic heterocycles. The zero-order valence-electron chi connectivity index (χ0n) is 10.5. The van der Waals surface area contributed by atoms with Crippen LogP contribution in [0.2, 0.25) is 0 Å². The summed E-state index contributed by atoms with van der Waals surface area (Å²) in [4.78, 5) is 10.5. The largest absolute Gasteiger partial charge is 0.451 e. The molecule has 0 aliphatic heterocycles. The summed E-state index contributed by atoms with van der Waals surface area (Å²) in [6.07, 6.45) is 0.382. The highest BCUT2D eigenvalue weighted by molar-refractivity contribution is 5.75.